The highest BCUT2D eigenvalue weighted by Gasteiger charge is 2.10. The highest BCUT2D eigenvalue weighted by molar-refractivity contribution is 7.10. The van der Waals surface area contributed by atoms with Crippen molar-refractivity contribution in [1.29, 1.82) is 0 Å². The number of carbonyl (C=O) groups is 1. The summed E-state index contributed by atoms with van der Waals surface area (Å²) in [7, 11) is 0. The van der Waals surface area contributed by atoms with Gasteiger partial charge in [0, 0.05) is 22.1 Å². The molecule has 1 aromatic carbocycles. The third kappa shape index (κ3) is 4.12. The van der Waals surface area contributed by atoms with E-state index < -0.39 is 17.5 Å². The van der Waals surface area contributed by atoms with Crippen molar-refractivity contribution in [1.82, 2.24) is 5.32 Å². The third-order valence-electron chi connectivity index (χ3n) is 2.60. The van der Waals surface area contributed by atoms with Gasteiger partial charge in [-0.05, 0) is 23.6 Å². The molecule has 3 nitrogen and oxygen atoms in total. The Morgan fingerprint density at radius 1 is 1.29 bits per heavy atom. The molecule has 1 amide bonds. The van der Waals surface area contributed by atoms with Crippen LogP contribution < -0.4 is 11.1 Å². The fraction of sp³-hybridized carbons (Fsp3) is 0.133. The van der Waals surface area contributed by atoms with Gasteiger partial charge in [-0.15, -0.1) is 11.3 Å². The van der Waals surface area contributed by atoms with E-state index in [0.717, 1.165) is 28.6 Å². The van der Waals surface area contributed by atoms with Crippen LogP contribution in [0.4, 0.5) is 8.78 Å². The highest BCUT2D eigenvalue weighted by Crippen LogP contribution is 2.16. The van der Waals surface area contributed by atoms with E-state index >= 15 is 0 Å². The van der Waals surface area contributed by atoms with E-state index in [1.165, 1.54) is 11.3 Å². The maximum Gasteiger partial charge on any atom is 0.251 e. The molecule has 0 atom stereocenters. The van der Waals surface area contributed by atoms with Gasteiger partial charge in [0.1, 0.15) is 11.6 Å². The summed E-state index contributed by atoms with van der Waals surface area (Å²) in [6.07, 6.45) is 0. The van der Waals surface area contributed by atoms with Crippen molar-refractivity contribution in [2.75, 3.05) is 6.54 Å². The number of amides is 1. The van der Waals surface area contributed by atoms with Crippen LogP contribution in [0.15, 0.2) is 29.6 Å². The lowest BCUT2D eigenvalue weighted by molar-refractivity contribution is 0.0950. The maximum atomic E-state index is 13.1. The normalized spacial score (nSPS) is 9.86. The first-order valence-corrected chi connectivity index (χ1v) is 6.97. The molecule has 6 heteroatoms. The Hall–Kier alpha value is -2.23. The van der Waals surface area contributed by atoms with Gasteiger partial charge >= 0.3 is 0 Å². The fourth-order valence-electron chi connectivity index (χ4n) is 1.68. The standard InChI is InChI=1S/C15H12F2N2OS/c16-12-6-11(7-13(17)8-12)15(20)19-9-14-10(2-1-4-18)3-5-21-14/h3,5-8H,4,9,18H2,(H,19,20). The molecule has 1 aromatic heterocycles. The second-order valence-electron chi connectivity index (χ2n) is 4.10. The van der Waals surface area contributed by atoms with Crippen molar-refractivity contribution in [2.24, 2.45) is 5.73 Å². The lowest BCUT2D eigenvalue weighted by atomic mass is 10.2. The number of carbonyl (C=O) groups excluding carboxylic acids is 1. The molecular formula is C15H12F2N2OS. The number of thiophene rings is 1. The minimum atomic E-state index is -0.786. The lowest BCUT2D eigenvalue weighted by Gasteiger charge is -2.05. The molecular weight excluding hydrogens is 294 g/mol. The number of benzene rings is 1. The van der Waals surface area contributed by atoms with Crippen LogP contribution in [0.2, 0.25) is 0 Å². The summed E-state index contributed by atoms with van der Waals surface area (Å²) in [5.41, 5.74) is 6.04. The van der Waals surface area contributed by atoms with Crippen LogP contribution in [-0.4, -0.2) is 12.5 Å². The Bertz CT molecular complexity index is 696. The number of nitrogens with two attached hydrogens (primary N) is 1. The number of nitrogens with one attached hydrogen (secondary N) is 1. The van der Waals surface area contributed by atoms with Crippen molar-refractivity contribution in [3.05, 3.63) is 57.3 Å². The van der Waals surface area contributed by atoms with Crippen LogP contribution in [0.5, 0.6) is 0 Å². The van der Waals surface area contributed by atoms with E-state index in [-0.39, 0.29) is 18.7 Å². The van der Waals surface area contributed by atoms with Gasteiger partial charge in [0.15, 0.2) is 0 Å². The van der Waals surface area contributed by atoms with Gasteiger partial charge in [0.2, 0.25) is 0 Å². The molecule has 0 radical (unpaired) electrons. The predicted octanol–water partition coefficient (Wildman–Crippen LogP) is 2.27. The lowest BCUT2D eigenvalue weighted by Crippen LogP contribution is -2.23. The Kier molecular flexibility index (Phi) is 5.04. The van der Waals surface area contributed by atoms with Gasteiger partial charge in [-0.2, -0.15) is 0 Å². The molecule has 0 aliphatic carbocycles. The average molecular weight is 306 g/mol. The molecule has 0 spiro atoms. The first kappa shape index (κ1) is 15.2. The highest BCUT2D eigenvalue weighted by atomic mass is 32.1. The molecule has 0 saturated heterocycles. The molecule has 0 aliphatic heterocycles. The van der Waals surface area contributed by atoms with Gasteiger partial charge in [0.25, 0.3) is 5.91 Å². The summed E-state index contributed by atoms with van der Waals surface area (Å²) < 4.78 is 26.1. The summed E-state index contributed by atoms with van der Waals surface area (Å²) in [6.45, 7) is 0.493. The topological polar surface area (TPSA) is 55.1 Å². The molecule has 0 unspecified atom stereocenters. The van der Waals surface area contributed by atoms with E-state index in [9.17, 15) is 13.6 Å². The molecule has 2 rings (SSSR count). The quantitative estimate of drug-likeness (QED) is 0.855. The van der Waals surface area contributed by atoms with Crippen LogP contribution in [0.1, 0.15) is 20.8 Å². The van der Waals surface area contributed by atoms with Crippen molar-refractivity contribution < 1.29 is 13.6 Å². The Labute approximate surface area is 124 Å². The van der Waals surface area contributed by atoms with E-state index in [1.54, 1.807) is 0 Å². The summed E-state index contributed by atoms with van der Waals surface area (Å²) in [5, 5.41) is 4.46. The molecule has 2 aromatic rings. The second-order valence-corrected chi connectivity index (χ2v) is 5.10. The summed E-state index contributed by atoms with van der Waals surface area (Å²) in [4.78, 5) is 12.7. The van der Waals surface area contributed by atoms with Crippen molar-refractivity contribution in [2.45, 2.75) is 6.54 Å². The summed E-state index contributed by atoms with van der Waals surface area (Å²) in [6, 6.07) is 4.52. The van der Waals surface area contributed by atoms with E-state index in [1.807, 2.05) is 11.4 Å². The van der Waals surface area contributed by atoms with Gasteiger partial charge in [0.05, 0.1) is 13.1 Å². The van der Waals surface area contributed by atoms with Gasteiger partial charge in [-0.25, -0.2) is 8.78 Å². The van der Waals surface area contributed by atoms with Crippen LogP contribution in [0, 0.1) is 23.5 Å². The first-order valence-electron chi connectivity index (χ1n) is 6.09. The molecule has 3 N–H and O–H groups in total. The Balaban J connectivity index is 2.06. The minimum Gasteiger partial charge on any atom is -0.347 e. The molecule has 0 bridgehead atoms. The van der Waals surface area contributed by atoms with Crippen molar-refractivity contribution in [3.63, 3.8) is 0 Å². The average Bonchev–Trinajstić information content (AvgIpc) is 2.88. The largest absolute Gasteiger partial charge is 0.347 e. The molecule has 0 aliphatic rings. The van der Waals surface area contributed by atoms with Crippen LogP contribution in [0.25, 0.3) is 0 Å². The number of halogens is 2. The van der Waals surface area contributed by atoms with Crippen LogP contribution in [-0.2, 0) is 6.54 Å². The monoisotopic (exact) mass is 306 g/mol. The maximum absolute atomic E-state index is 13.1. The zero-order valence-corrected chi connectivity index (χ0v) is 11.8. The Morgan fingerprint density at radius 2 is 2.00 bits per heavy atom. The SMILES string of the molecule is NCC#Cc1ccsc1CNC(=O)c1cc(F)cc(F)c1. The first-order chi connectivity index (χ1) is 10.1. The zero-order chi connectivity index (χ0) is 15.2. The van der Waals surface area contributed by atoms with Crippen LogP contribution >= 0.6 is 11.3 Å². The number of rotatable bonds is 3. The molecule has 0 saturated carbocycles. The third-order valence-corrected chi connectivity index (χ3v) is 3.53. The summed E-state index contributed by atoms with van der Waals surface area (Å²) >= 11 is 1.44. The van der Waals surface area contributed by atoms with Crippen molar-refractivity contribution in [3.8, 4) is 11.8 Å². The van der Waals surface area contributed by atoms with E-state index in [0.29, 0.717) is 0 Å². The molecule has 0 fully saturated rings. The van der Waals surface area contributed by atoms with Crippen molar-refractivity contribution >= 4 is 17.2 Å². The van der Waals surface area contributed by atoms with E-state index in [4.69, 9.17) is 5.73 Å². The fourth-order valence-corrected chi connectivity index (χ4v) is 2.45. The van der Waals surface area contributed by atoms with E-state index in [2.05, 4.69) is 17.2 Å². The minimum absolute atomic E-state index is 0.0568. The van der Waals surface area contributed by atoms with Crippen LogP contribution in [0.3, 0.4) is 0 Å². The summed E-state index contributed by atoms with van der Waals surface area (Å²) in [5.74, 6) is 3.52. The Morgan fingerprint density at radius 3 is 2.67 bits per heavy atom. The number of hydrogen-bond donors (Lipinski definition) is 2. The molecule has 21 heavy (non-hydrogen) atoms. The second kappa shape index (κ2) is 6.97. The molecule has 108 valence electrons. The molecule has 1 heterocycles. The zero-order valence-electron chi connectivity index (χ0n) is 11.0. The van der Waals surface area contributed by atoms with Gasteiger partial charge in [-0.1, -0.05) is 11.8 Å². The van der Waals surface area contributed by atoms with Gasteiger partial charge < -0.3 is 11.1 Å². The smallest absolute Gasteiger partial charge is 0.251 e. The van der Waals surface area contributed by atoms with Gasteiger partial charge in [-0.3, -0.25) is 4.79 Å². The predicted molar refractivity (Wildman–Crippen MR) is 77.8 cm³/mol. The number of hydrogen-bond acceptors (Lipinski definition) is 3.